The topological polar surface area (TPSA) is 12.4 Å². The third-order valence-electron chi connectivity index (χ3n) is 2.69. The number of fused-ring (bicyclic) bond motifs is 1. The van der Waals surface area contributed by atoms with Crippen molar-refractivity contribution in [3.8, 4) is 0 Å². The molecule has 1 heteroatoms. The van der Waals surface area contributed by atoms with Crippen LogP contribution in [-0.2, 0) is 0 Å². The molecule has 0 fully saturated rings. The Bertz CT molecular complexity index is 286. The summed E-state index contributed by atoms with van der Waals surface area (Å²) in [6.45, 7) is 4.40. The Morgan fingerprint density at radius 3 is 2.85 bits per heavy atom. The maximum absolute atomic E-state index is 4.66. The summed E-state index contributed by atoms with van der Waals surface area (Å²) in [5.41, 5.74) is 2.44. The lowest BCUT2D eigenvalue weighted by Crippen LogP contribution is -2.18. The maximum Gasteiger partial charge on any atom is 0.0643 e. The van der Waals surface area contributed by atoms with Crippen LogP contribution in [-0.4, -0.2) is 11.8 Å². The van der Waals surface area contributed by atoms with Gasteiger partial charge in [0.05, 0.1) is 11.8 Å². The van der Waals surface area contributed by atoms with E-state index in [9.17, 15) is 0 Å². The fourth-order valence-electron chi connectivity index (χ4n) is 1.65. The zero-order valence-electron chi connectivity index (χ0n) is 8.20. The molecule has 0 saturated heterocycles. The average molecular weight is 173 g/mol. The smallest absolute Gasteiger partial charge is 0.0643 e. The molecule has 0 N–H and O–H groups in total. The summed E-state index contributed by atoms with van der Waals surface area (Å²) in [4.78, 5) is 4.66. The quantitative estimate of drug-likeness (QED) is 0.534. The van der Waals surface area contributed by atoms with Crippen molar-refractivity contribution in [2.45, 2.75) is 26.3 Å². The van der Waals surface area contributed by atoms with E-state index in [0.29, 0.717) is 12.0 Å². The van der Waals surface area contributed by atoms with Gasteiger partial charge >= 0.3 is 0 Å². The summed E-state index contributed by atoms with van der Waals surface area (Å²) in [5, 5.41) is 0. The lowest BCUT2D eigenvalue weighted by atomic mass is 9.94. The normalized spacial score (nSPS) is 31.8. The molecule has 0 aromatic heterocycles. The van der Waals surface area contributed by atoms with Crippen molar-refractivity contribution in [1.82, 2.24) is 0 Å². The second-order valence-corrected chi connectivity index (χ2v) is 3.78. The molecule has 0 aromatic rings. The van der Waals surface area contributed by atoms with Gasteiger partial charge in [-0.25, -0.2) is 0 Å². The molecule has 0 amide bonds. The molecule has 0 spiro atoms. The SMILES string of the molecule is CC1C=C2C=CCC=CC2=NC1C. The standard InChI is InChI=1S/C12H15N/c1-9-8-11-6-4-3-5-7-12(11)13-10(9)2/h4-10H,3H2,1-2H3. The van der Waals surface area contributed by atoms with Gasteiger partial charge in [0, 0.05) is 0 Å². The summed E-state index contributed by atoms with van der Waals surface area (Å²) < 4.78 is 0. The van der Waals surface area contributed by atoms with E-state index in [1.165, 1.54) is 5.57 Å². The Hall–Kier alpha value is -1.11. The van der Waals surface area contributed by atoms with Crippen LogP contribution in [0.3, 0.4) is 0 Å². The second kappa shape index (κ2) is 3.33. The minimum atomic E-state index is 0.426. The lowest BCUT2D eigenvalue weighted by molar-refractivity contribution is 0.577. The Kier molecular flexibility index (Phi) is 2.17. The van der Waals surface area contributed by atoms with E-state index in [-0.39, 0.29) is 0 Å². The van der Waals surface area contributed by atoms with Crippen molar-refractivity contribution in [3.05, 3.63) is 36.0 Å². The van der Waals surface area contributed by atoms with Crippen LogP contribution in [0.25, 0.3) is 0 Å². The first-order chi connectivity index (χ1) is 6.27. The van der Waals surface area contributed by atoms with Crippen LogP contribution < -0.4 is 0 Å². The minimum Gasteiger partial charge on any atom is -0.281 e. The number of rotatable bonds is 0. The molecule has 68 valence electrons. The molecule has 2 rings (SSSR count). The molecule has 1 aliphatic carbocycles. The van der Waals surface area contributed by atoms with Gasteiger partial charge in [-0.2, -0.15) is 0 Å². The zero-order valence-corrected chi connectivity index (χ0v) is 8.20. The van der Waals surface area contributed by atoms with Gasteiger partial charge in [-0.3, -0.25) is 4.99 Å². The number of hydrogen-bond donors (Lipinski definition) is 0. The molecule has 2 unspecified atom stereocenters. The van der Waals surface area contributed by atoms with Gasteiger partial charge in [-0.05, 0) is 30.9 Å². The van der Waals surface area contributed by atoms with Crippen LogP contribution in [0.15, 0.2) is 40.9 Å². The highest BCUT2D eigenvalue weighted by Crippen LogP contribution is 2.21. The molecule has 1 nitrogen and oxygen atoms in total. The third kappa shape index (κ3) is 1.64. The maximum atomic E-state index is 4.66. The molecule has 0 saturated carbocycles. The first-order valence-electron chi connectivity index (χ1n) is 4.90. The van der Waals surface area contributed by atoms with Crippen LogP contribution >= 0.6 is 0 Å². The number of aliphatic imine (C=N–C) groups is 1. The average Bonchev–Trinajstić information content (AvgIpc) is 2.31. The number of hydrogen-bond acceptors (Lipinski definition) is 1. The van der Waals surface area contributed by atoms with Gasteiger partial charge < -0.3 is 0 Å². The fourth-order valence-corrected chi connectivity index (χ4v) is 1.65. The van der Waals surface area contributed by atoms with Crippen molar-refractivity contribution >= 4 is 5.71 Å². The monoisotopic (exact) mass is 173 g/mol. The van der Waals surface area contributed by atoms with Gasteiger partial charge in [0.15, 0.2) is 0 Å². The molecule has 0 radical (unpaired) electrons. The Balaban J connectivity index is 2.39. The third-order valence-corrected chi connectivity index (χ3v) is 2.69. The Morgan fingerprint density at radius 2 is 2.00 bits per heavy atom. The molecule has 2 atom stereocenters. The summed E-state index contributed by atoms with van der Waals surface area (Å²) in [7, 11) is 0. The van der Waals surface area contributed by atoms with Crippen LogP contribution in [0.4, 0.5) is 0 Å². The number of nitrogens with zero attached hydrogens (tertiary/aromatic N) is 1. The van der Waals surface area contributed by atoms with E-state index < -0.39 is 0 Å². The largest absolute Gasteiger partial charge is 0.281 e. The predicted octanol–water partition coefficient (Wildman–Crippen LogP) is 2.91. The number of allylic oxidation sites excluding steroid dienone is 5. The van der Waals surface area contributed by atoms with Gasteiger partial charge in [-0.15, -0.1) is 0 Å². The van der Waals surface area contributed by atoms with E-state index in [1.807, 2.05) is 0 Å². The fraction of sp³-hybridized carbons (Fsp3) is 0.417. The van der Waals surface area contributed by atoms with Gasteiger partial charge in [0.25, 0.3) is 0 Å². The number of dihydropyridines is 1. The van der Waals surface area contributed by atoms with Gasteiger partial charge in [-0.1, -0.05) is 31.2 Å². The van der Waals surface area contributed by atoms with Crippen molar-refractivity contribution < 1.29 is 0 Å². The highest BCUT2D eigenvalue weighted by molar-refractivity contribution is 6.11. The van der Waals surface area contributed by atoms with Crippen molar-refractivity contribution in [2.24, 2.45) is 10.9 Å². The van der Waals surface area contributed by atoms with Crippen molar-refractivity contribution in [1.29, 1.82) is 0 Å². The molecule has 2 aliphatic rings. The van der Waals surface area contributed by atoms with E-state index in [0.717, 1.165) is 12.1 Å². The molecule has 1 aliphatic heterocycles. The molecule has 13 heavy (non-hydrogen) atoms. The van der Waals surface area contributed by atoms with E-state index in [1.54, 1.807) is 0 Å². The predicted molar refractivity (Wildman–Crippen MR) is 57.0 cm³/mol. The molecular formula is C12H15N. The highest BCUT2D eigenvalue weighted by atomic mass is 14.8. The Labute approximate surface area is 79.6 Å². The summed E-state index contributed by atoms with van der Waals surface area (Å²) in [6, 6.07) is 0.426. The van der Waals surface area contributed by atoms with E-state index >= 15 is 0 Å². The minimum absolute atomic E-state index is 0.426. The van der Waals surface area contributed by atoms with E-state index in [2.05, 4.69) is 49.2 Å². The summed E-state index contributed by atoms with van der Waals surface area (Å²) in [5.74, 6) is 0.565. The lowest BCUT2D eigenvalue weighted by Gasteiger charge is -2.20. The van der Waals surface area contributed by atoms with Crippen molar-refractivity contribution in [3.63, 3.8) is 0 Å². The molecule has 1 heterocycles. The molecular weight excluding hydrogens is 158 g/mol. The first kappa shape index (κ1) is 8.49. The molecule has 0 bridgehead atoms. The van der Waals surface area contributed by atoms with Crippen LogP contribution in [0.2, 0.25) is 0 Å². The highest BCUT2D eigenvalue weighted by Gasteiger charge is 2.17. The summed E-state index contributed by atoms with van der Waals surface area (Å²) >= 11 is 0. The zero-order chi connectivity index (χ0) is 9.26. The summed E-state index contributed by atoms with van der Waals surface area (Å²) in [6.07, 6.45) is 12.0. The second-order valence-electron chi connectivity index (χ2n) is 3.78. The van der Waals surface area contributed by atoms with Crippen LogP contribution in [0.5, 0.6) is 0 Å². The van der Waals surface area contributed by atoms with Crippen molar-refractivity contribution in [2.75, 3.05) is 0 Å². The van der Waals surface area contributed by atoms with Crippen LogP contribution in [0, 0.1) is 5.92 Å². The Morgan fingerprint density at radius 1 is 1.23 bits per heavy atom. The van der Waals surface area contributed by atoms with Gasteiger partial charge in [0.2, 0.25) is 0 Å². The van der Waals surface area contributed by atoms with E-state index in [4.69, 9.17) is 0 Å². The first-order valence-corrected chi connectivity index (χ1v) is 4.90. The van der Waals surface area contributed by atoms with Gasteiger partial charge in [0.1, 0.15) is 0 Å². The van der Waals surface area contributed by atoms with Crippen LogP contribution in [0.1, 0.15) is 20.3 Å². The molecule has 0 aromatic carbocycles.